The Morgan fingerprint density at radius 1 is 1.27 bits per heavy atom. The van der Waals surface area contributed by atoms with Crippen molar-refractivity contribution < 1.29 is 29.3 Å². The Hall–Kier alpha value is -2.00. The normalized spacial score (nSPS) is 48.4. The number of epoxide rings is 1. The van der Waals surface area contributed by atoms with Crippen LogP contribution in [0, 0.1) is 5.92 Å². The molecule has 6 fully saturated rings. The minimum Gasteiger partial charge on any atom is -0.506 e. The molecule has 0 unspecified atom stereocenters. The highest BCUT2D eigenvalue weighted by Gasteiger charge is 2.81. The summed E-state index contributed by atoms with van der Waals surface area (Å²) in [5, 5.41) is 23.0. The molecular weight excluding hydrogens is 388 g/mol. The molecule has 6 heterocycles. The van der Waals surface area contributed by atoms with E-state index in [-0.39, 0.29) is 36.4 Å². The molecule has 30 heavy (non-hydrogen) atoms. The van der Waals surface area contributed by atoms with Gasteiger partial charge in [0.15, 0.2) is 0 Å². The number of carbonyl (C=O) groups excluding carboxylic acids is 2. The van der Waals surface area contributed by atoms with E-state index in [1.807, 2.05) is 13.1 Å². The number of benzene rings is 1. The first-order valence-corrected chi connectivity index (χ1v) is 10.7. The van der Waals surface area contributed by atoms with Gasteiger partial charge in [-0.15, -0.1) is 0 Å². The minimum atomic E-state index is -1.42. The third-order valence-corrected chi connectivity index (χ3v) is 8.79. The van der Waals surface area contributed by atoms with Gasteiger partial charge in [-0.1, -0.05) is 12.1 Å². The van der Waals surface area contributed by atoms with Crippen LogP contribution in [0.3, 0.4) is 0 Å². The number of ether oxygens (including phenoxy) is 2. The third-order valence-electron chi connectivity index (χ3n) is 8.79. The fraction of sp³-hybridized carbons (Fsp3) is 0.636. The van der Waals surface area contributed by atoms with Gasteiger partial charge in [0.2, 0.25) is 5.91 Å². The number of aromatic hydroxyl groups is 1. The molecule has 1 aromatic rings. The SMILES string of the molecule is CN1CC[C@@]23C(=O)C[C@]4(O)[C@@H]5[C@@H]2N(C(=O)C[C@H]5OC[C@H]2O[C@]24C1)c1c(O)cccc13. The van der Waals surface area contributed by atoms with Gasteiger partial charge in [-0.05, 0) is 31.6 Å². The Labute approximate surface area is 173 Å². The van der Waals surface area contributed by atoms with E-state index in [0.717, 1.165) is 0 Å². The van der Waals surface area contributed by atoms with Crippen LogP contribution in [0.2, 0.25) is 0 Å². The fourth-order valence-corrected chi connectivity index (χ4v) is 7.54. The van der Waals surface area contributed by atoms with Crippen LogP contribution in [0.25, 0.3) is 0 Å². The van der Waals surface area contributed by atoms with Gasteiger partial charge < -0.3 is 29.5 Å². The number of para-hydroxylation sites is 1. The lowest BCUT2D eigenvalue weighted by molar-refractivity contribution is -0.182. The number of phenols is 1. The number of carbonyl (C=O) groups is 2. The number of aliphatic hydroxyl groups is 1. The molecular formula is C22H24N2O6. The smallest absolute Gasteiger partial charge is 0.230 e. The highest BCUT2D eigenvalue weighted by Crippen LogP contribution is 2.67. The van der Waals surface area contributed by atoms with E-state index in [9.17, 15) is 19.8 Å². The Morgan fingerprint density at radius 2 is 2.10 bits per heavy atom. The molecule has 158 valence electrons. The summed E-state index contributed by atoms with van der Waals surface area (Å²) in [5.74, 6) is -0.695. The van der Waals surface area contributed by atoms with Crippen LogP contribution in [0.5, 0.6) is 5.75 Å². The molecule has 8 nitrogen and oxygen atoms in total. The quantitative estimate of drug-likeness (QED) is 0.576. The lowest BCUT2D eigenvalue weighted by atomic mass is 9.52. The average Bonchev–Trinajstić information content (AvgIpc) is 3.31. The summed E-state index contributed by atoms with van der Waals surface area (Å²) in [4.78, 5) is 31.0. The molecule has 0 radical (unpaired) electrons. The number of likely N-dealkylation sites (N-methyl/N-ethyl adjacent to an activating group) is 1. The average molecular weight is 412 g/mol. The van der Waals surface area contributed by atoms with Gasteiger partial charge in [0.1, 0.15) is 28.8 Å². The Kier molecular flexibility index (Phi) is 2.98. The number of ketones is 1. The first-order chi connectivity index (χ1) is 14.3. The monoisotopic (exact) mass is 412 g/mol. The summed E-state index contributed by atoms with van der Waals surface area (Å²) < 4.78 is 12.3. The fourth-order valence-electron chi connectivity index (χ4n) is 7.54. The van der Waals surface area contributed by atoms with E-state index < -0.39 is 34.7 Å². The van der Waals surface area contributed by atoms with Crippen molar-refractivity contribution in [3.05, 3.63) is 23.8 Å². The van der Waals surface area contributed by atoms with Crippen LogP contribution >= 0.6 is 0 Å². The van der Waals surface area contributed by atoms with Crippen LogP contribution in [0.1, 0.15) is 24.8 Å². The molecule has 7 atom stereocenters. The summed E-state index contributed by atoms with van der Waals surface area (Å²) in [6.45, 7) is 1.47. The van der Waals surface area contributed by atoms with E-state index >= 15 is 0 Å². The molecule has 1 saturated carbocycles. The Balaban J connectivity index is 1.57. The maximum atomic E-state index is 14.0. The van der Waals surface area contributed by atoms with Gasteiger partial charge in [-0.2, -0.15) is 0 Å². The zero-order valence-electron chi connectivity index (χ0n) is 16.7. The van der Waals surface area contributed by atoms with Gasteiger partial charge >= 0.3 is 0 Å². The predicted molar refractivity (Wildman–Crippen MR) is 103 cm³/mol. The topological polar surface area (TPSA) is 103 Å². The van der Waals surface area contributed by atoms with Gasteiger partial charge in [-0.25, -0.2) is 0 Å². The second-order valence-electron chi connectivity index (χ2n) is 9.96. The van der Waals surface area contributed by atoms with E-state index in [0.29, 0.717) is 37.4 Å². The summed E-state index contributed by atoms with van der Waals surface area (Å²) in [6.07, 6.45) is -0.123. The lowest BCUT2D eigenvalue weighted by Crippen LogP contribution is -2.74. The van der Waals surface area contributed by atoms with Crippen LogP contribution in [-0.4, -0.2) is 83.0 Å². The first kappa shape index (κ1) is 17.7. The number of hydrogen-bond donors (Lipinski definition) is 2. The summed E-state index contributed by atoms with van der Waals surface area (Å²) in [6, 6.07) is 4.58. The molecule has 6 aliphatic heterocycles. The zero-order chi connectivity index (χ0) is 20.6. The van der Waals surface area contributed by atoms with Crippen LogP contribution < -0.4 is 4.90 Å². The molecule has 0 aromatic heterocycles. The number of rotatable bonds is 0. The van der Waals surface area contributed by atoms with Crippen LogP contribution in [0.15, 0.2) is 18.2 Å². The Bertz CT molecular complexity index is 1030. The number of anilines is 1. The summed E-state index contributed by atoms with van der Waals surface area (Å²) in [7, 11) is 1.98. The van der Waals surface area contributed by atoms with Crippen molar-refractivity contribution in [1.29, 1.82) is 0 Å². The molecule has 2 N–H and O–H groups in total. The molecule has 1 amide bonds. The van der Waals surface area contributed by atoms with E-state index in [2.05, 4.69) is 4.90 Å². The summed E-state index contributed by atoms with van der Waals surface area (Å²) >= 11 is 0. The van der Waals surface area contributed by atoms with Gasteiger partial charge in [0.05, 0.1) is 36.3 Å². The predicted octanol–water partition coefficient (Wildman–Crippen LogP) is -0.0591. The van der Waals surface area contributed by atoms with Crippen LogP contribution in [-0.2, 0) is 24.5 Å². The minimum absolute atomic E-state index is 0.000342. The number of phenolic OH excluding ortho intramolecular Hbond substituents is 1. The van der Waals surface area contributed by atoms with Crippen molar-refractivity contribution >= 4 is 17.4 Å². The number of amides is 1. The summed E-state index contributed by atoms with van der Waals surface area (Å²) in [5.41, 5.74) is -2.11. The number of piperidine rings is 1. The highest BCUT2D eigenvalue weighted by molar-refractivity contribution is 6.07. The van der Waals surface area contributed by atoms with Gasteiger partial charge in [0.25, 0.3) is 0 Å². The van der Waals surface area contributed by atoms with Crippen LogP contribution in [0.4, 0.5) is 5.69 Å². The second-order valence-corrected chi connectivity index (χ2v) is 9.96. The van der Waals surface area contributed by atoms with E-state index in [1.165, 1.54) is 0 Å². The van der Waals surface area contributed by atoms with Crippen molar-refractivity contribution in [1.82, 2.24) is 4.90 Å². The van der Waals surface area contributed by atoms with Crippen molar-refractivity contribution in [2.45, 2.75) is 54.1 Å². The number of fused-ring (bicyclic) bond motifs is 6. The number of nitrogens with zero attached hydrogens (tertiary/aromatic N) is 2. The van der Waals surface area contributed by atoms with Crippen molar-refractivity contribution in [3.8, 4) is 5.75 Å². The molecule has 8 heteroatoms. The molecule has 4 bridgehead atoms. The largest absolute Gasteiger partial charge is 0.506 e. The maximum absolute atomic E-state index is 14.0. The molecule has 1 aliphatic carbocycles. The van der Waals surface area contributed by atoms with Crippen molar-refractivity contribution in [3.63, 3.8) is 0 Å². The molecule has 7 aliphatic rings. The zero-order valence-corrected chi connectivity index (χ0v) is 16.7. The number of hydrogen-bond acceptors (Lipinski definition) is 7. The van der Waals surface area contributed by atoms with E-state index in [4.69, 9.17) is 9.47 Å². The van der Waals surface area contributed by atoms with Gasteiger partial charge in [0, 0.05) is 18.9 Å². The van der Waals surface area contributed by atoms with Gasteiger partial charge in [-0.3, -0.25) is 9.59 Å². The second kappa shape index (κ2) is 5.07. The Morgan fingerprint density at radius 3 is 2.93 bits per heavy atom. The van der Waals surface area contributed by atoms with Crippen molar-refractivity contribution in [2.24, 2.45) is 5.92 Å². The maximum Gasteiger partial charge on any atom is 0.230 e. The third kappa shape index (κ3) is 1.66. The molecule has 1 aromatic carbocycles. The van der Waals surface area contributed by atoms with Crippen molar-refractivity contribution in [2.75, 3.05) is 31.6 Å². The molecule has 5 saturated heterocycles. The number of Topliss-reactive ketones (excluding diaryl/α,β-unsaturated/α-hetero) is 1. The molecule has 8 rings (SSSR count). The standard InChI is InChI=1S/C22H24N2O6/c1-23-6-5-20-11-3-2-4-12(25)18(11)24-16(27)7-13-17(19(20)24)21(28,8-14(20)26)22(10-23)15(30-22)9-29-13/h2-4,13,15,17,19,25,28H,5-10H2,1H3/t13-,15-,17+,19+,20-,21+,22-/m1/s1. The van der Waals surface area contributed by atoms with E-state index in [1.54, 1.807) is 17.0 Å². The highest BCUT2D eigenvalue weighted by atomic mass is 16.7. The molecule has 2 spiro atoms. The lowest BCUT2D eigenvalue weighted by Gasteiger charge is -2.57. The first-order valence-electron chi connectivity index (χ1n) is 10.7.